The van der Waals surface area contributed by atoms with E-state index in [1.54, 1.807) is 0 Å². The summed E-state index contributed by atoms with van der Waals surface area (Å²) in [6.07, 6.45) is 0.673. The lowest BCUT2D eigenvalue weighted by Gasteiger charge is -2.08. The molecule has 170 valence electrons. The third kappa shape index (κ3) is 22.5. The van der Waals surface area contributed by atoms with Gasteiger partial charge in [0.15, 0.2) is 0 Å². The van der Waals surface area contributed by atoms with Crippen molar-refractivity contribution in [3.05, 3.63) is 0 Å². The van der Waals surface area contributed by atoms with Crippen LogP contribution < -0.4 is 10.6 Å². The van der Waals surface area contributed by atoms with E-state index in [1.165, 1.54) is 0 Å². The van der Waals surface area contributed by atoms with Crippen LogP contribution in [0.3, 0.4) is 0 Å². The number of carbonyl (C=O) groups is 3. The molecule has 0 aliphatic rings. The molecule has 0 spiro atoms. The zero-order chi connectivity index (χ0) is 21.4. The fraction of sp³-hybridized carbons (Fsp3) is 0.833. The zero-order valence-corrected chi connectivity index (χ0v) is 17.2. The molecule has 0 atom stereocenters. The van der Waals surface area contributed by atoms with E-state index in [1.807, 2.05) is 6.92 Å². The Bertz CT molecular complexity index is 411. The van der Waals surface area contributed by atoms with Crippen molar-refractivity contribution in [1.29, 1.82) is 0 Å². The number of ether oxygens (including phenoxy) is 6. The van der Waals surface area contributed by atoms with Crippen molar-refractivity contribution in [2.24, 2.45) is 0 Å². The number of carbonyl (C=O) groups excluding carboxylic acids is 3. The van der Waals surface area contributed by atoms with Crippen molar-refractivity contribution in [3.63, 3.8) is 0 Å². The molecule has 0 bridgehead atoms. The largest absolute Gasteiger partial charge is 0.379 e. The molecule has 11 heteroatoms. The first-order valence-corrected chi connectivity index (χ1v) is 9.64. The molecule has 0 aromatic rings. The second-order valence-corrected chi connectivity index (χ2v) is 5.47. The minimum absolute atomic E-state index is 0.00964. The van der Waals surface area contributed by atoms with Crippen molar-refractivity contribution in [2.45, 2.75) is 6.92 Å². The monoisotopic (exact) mass is 422 g/mol. The molecule has 2 amide bonds. The number of nitrogens with one attached hydrogen (secondary N) is 2. The summed E-state index contributed by atoms with van der Waals surface area (Å²) in [6.45, 7) is 6.05. The van der Waals surface area contributed by atoms with E-state index in [-0.39, 0.29) is 38.2 Å². The van der Waals surface area contributed by atoms with Gasteiger partial charge in [-0.15, -0.1) is 0 Å². The molecule has 0 radical (unpaired) electrons. The van der Waals surface area contributed by atoms with Crippen molar-refractivity contribution in [2.75, 3.05) is 92.4 Å². The Balaban J connectivity index is 3.26. The normalized spacial score (nSPS) is 10.7. The van der Waals surface area contributed by atoms with Crippen molar-refractivity contribution in [1.82, 2.24) is 10.6 Å². The van der Waals surface area contributed by atoms with Gasteiger partial charge in [0.1, 0.15) is 26.1 Å². The van der Waals surface area contributed by atoms with E-state index >= 15 is 0 Å². The molecule has 0 fully saturated rings. The van der Waals surface area contributed by atoms with E-state index in [4.69, 9.17) is 28.4 Å². The highest BCUT2D eigenvalue weighted by atomic mass is 16.5. The van der Waals surface area contributed by atoms with E-state index in [0.717, 1.165) is 0 Å². The maximum Gasteiger partial charge on any atom is 0.246 e. The topological polar surface area (TPSA) is 131 Å². The maximum absolute atomic E-state index is 11.5. The molecule has 0 saturated heterocycles. The first-order valence-electron chi connectivity index (χ1n) is 9.64. The minimum atomic E-state index is -0.248. The minimum Gasteiger partial charge on any atom is -0.379 e. The molecule has 0 aromatic carbocycles. The first-order chi connectivity index (χ1) is 14.2. The summed E-state index contributed by atoms with van der Waals surface area (Å²) < 4.78 is 30.8. The highest BCUT2D eigenvalue weighted by Crippen LogP contribution is 1.82. The maximum atomic E-state index is 11.5. The molecule has 0 aliphatic heterocycles. The molecule has 29 heavy (non-hydrogen) atoms. The standard InChI is InChI=1S/C18H34N2O9/c1-2-24-9-13-28-15-17(22)20-4-7-26-12-14-29-16-18(23)19-3-6-25-10-11-27-8-5-21/h5H,2-4,6-16H2,1H3,(H,19,23)(H,20,22). The Labute approximate surface area is 171 Å². The number of amides is 2. The summed E-state index contributed by atoms with van der Waals surface area (Å²) in [6, 6.07) is 0. The molecule has 0 saturated carbocycles. The Morgan fingerprint density at radius 2 is 1.10 bits per heavy atom. The lowest BCUT2D eigenvalue weighted by molar-refractivity contribution is -0.127. The summed E-state index contributed by atoms with van der Waals surface area (Å²) >= 11 is 0. The fourth-order valence-corrected chi connectivity index (χ4v) is 1.79. The third-order valence-electron chi connectivity index (χ3n) is 3.11. The average molecular weight is 422 g/mol. The van der Waals surface area contributed by atoms with Crippen LogP contribution in [0.15, 0.2) is 0 Å². The van der Waals surface area contributed by atoms with Crippen LogP contribution in [0.4, 0.5) is 0 Å². The Morgan fingerprint density at radius 3 is 1.59 bits per heavy atom. The highest BCUT2D eigenvalue weighted by Gasteiger charge is 2.02. The van der Waals surface area contributed by atoms with Crippen LogP contribution in [-0.4, -0.2) is 110 Å². The second-order valence-electron chi connectivity index (χ2n) is 5.47. The first kappa shape index (κ1) is 27.4. The van der Waals surface area contributed by atoms with Crippen molar-refractivity contribution in [3.8, 4) is 0 Å². The molecule has 0 rings (SSSR count). The van der Waals surface area contributed by atoms with Crippen molar-refractivity contribution < 1.29 is 42.8 Å². The average Bonchev–Trinajstić information content (AvgIpc) is 2.71. The van der Waals surface area contributed by atoms with Crippen LogP contribution in [-0.2, 0) is 42.8 Å². The van der Waals surface area contributed by atoms with Gasteiger partial charge in [0.2, 0.25) is 11.8 Å². The van der Waals surface area contributed by atoms with Gasteiger partial charge < -0.3 is 43.8 Å². The number of aldehydes is 1. The predicted octanol–water partition coefficient (Wildman–Crippen LogP) is -1.46. The van der Waals surface area contributed by atoms with Crippen LogP contribution in [0.25, 0.3) is 0 Å². The summed E-state index contributed by atoms with van der Waals surface area (Å²) in [4.78, 5) is 33.0. The highest BCUT2D eigenvalue weighted by molar-refractivity contribution is 5.77. The molecular formula is C18H34N2O9. The fourth-order valence-electron chi connectivity index (χ4n) is 1.79. The van der Waals surface area contributed by atoms with Crippen LogP contribution >= 0.6 is 0 Å². The van der Waals surface area contributed by atoms with Gasteiger partial charge in [-0.05, 0) is 6.92 Å². The number of hydrogen-bond acceptors (Lipinski definition) is 9. The Hall–Kier alpha value is -1.63. The van der Waals surface area contributed by atoms with Crippen LogP contribution in [0, 0.1) is 0 Å². The van der Waals surface area contributed by atoms with Gasteiger partial charge in [-0.25, -0.2) is 0 Å². The summed E-state index contributed by atoms with van der Waals surface area (Å²) in [7, 11) is 0. The van der Waals surface area contributed by atoms with Crippen molar-refractivity contribution >= 4 is 18.1 Å². The quantitative estimate of drug-likeness (QED) is 0.159. The van der Waals surface area contributed by atoms with Gasteiger partial charge in [-0.3, -0.25) is 9.59 Å². The zero-order valence-electron chi connectivity index (χ0n) is 17.2. The van der Waals surface area contributed by atoms with Crippen LogP contribution in [0.5, 0.6) is 0 Å². The summed E-state index contributed by atoms with van der Waals surface area (Å²) in [5.41, 5.74) is 0. The molecule has 2 N–H and O–H groups in total. The van der Waals surface area contributed by atoms with Gasteiger partial charge in [0.05, 0.1) is 52.9 Å². The SMILES string of the molecule is CCOCCOCC(=O)NCCOCCOCC(=O)NCCOCCOCC=O. The van der Waals surface area contributed by atoms with Crippen LogP contribution in [0.2, 0.25) is 0 Å². The van der Waals surface area contributed by atoms with E-state index < -0.39 is 0 Å². The molecule has 0 aromatic heterocycles. The van der Waals surface area contributed by atoms with Gasteiger partial charge in [0.25, 0.3) is 0 Å². The predicted molar refractivity (Wildman–Crippen MR) is 103 cm³/mol. The Morgan fingerprint density at radius 1 is 0.655 bits per heavy atom. The third-order valence-corrected chi connectivity index (χ3v) is 3.11. The van der Waals surface area contributed by atoms with E-state index in [9.17, 15) is 14.4 Å². The molecule has 0 aliphatic carbocycles. The second kappa shape index (κ2) is 22.7. The lowest BCUT2D eigenvalue weighted by Crippen LogP contribution is -2.32. The number of hydrogen-bond donors (Lipinski definition) is 2. The smallest absolute Gasteiger partial charge is 0.246 e. The van der Waals surface area contributed by atoms with Gasteiger partial charge in [-0.2, -0.15) is 0 Å². The summed E-state index contributed by atoms with van der Waals surface area (Å²) in [5.74, 6) is -0.460. The lowest BCUT2D eigenvalue weighted by atomic mass is 10.5. The molecule has 0 unspecified atom stereocenters. The van der Waals surface area contributed by atoms with Crippen LogP contribution in [0.1, 0.15) is 6.92 Å². The summed E-state index contributed by atoms with van der Waals surface area (Å²) in [5, 5.41) is 5.30. The number of rotatable bonds is 22. The molecule has 11 nitrogen and oxygen atoms in total. The van der Waals surface area contributed by atoms with Gasteiger partial charge in [0, 0.05) is 19.7 Å². The van der Waals surface area contributed by atoms with E-state index in [2.05, 4.69) is 10.6 Å². The van der Waals surface area contributed by atoms with Gasteiger partial charge >= 0.3 is 0 Å². The molecule has 0 heterocycles. The van der Waals surface area contributed by atoms with Gasteiger partial charge in [-0.1, -0.05) is 0 Å². The van der Waals surface area contributed by atoms with E-state index in [0.29, 0.717) is 72.2 Å². The Kier molecular flexibility index (Phi) is 21.4. The molecular weight excluding hydrogens is 388 g/mol.